The van der Waals surface area contributed by atoms with Gasteiger partial charge in [-0.3, -0.25) is 4.79 Å². The SMILES string of the molecule is N#Cc1ccc(C(=O)OCC(=O)N2N=C(c3cccs3)CC2c2ccco2)cc1. The van der Waals surface area contributed by atoms with E-state index in [0.717, 1.165) is 10.6 Å². The average molecular weight is 405 g/mol. The number of rotatable bonds is 5. The van der Waals surface area contributed by atoms with Gasteiger partial charge < -0.3 is 9.15 Å². The number of furan rings is 1. The largest absolute Gasteiger partial charge is 0.467 e. The van der Waals surface area contributed by atoms with Crippen LogP contribution < -0.4 is 0 Å². The molecule has 1 amide bonds. The Hall–Kier alpha value is -3.70. The summed E-state index contributed by atoms with van der Waals surface area (Å²) in [5, 5.41) is 16.6. The summed E-state index contributed by atoms with van der Waals surface area (Å²) in [6, 6.07) is 15.0. The van der Waals surface area contributed by atoms with Crippen LogP contribution in [0.15, 0.2) is 69.7 Å². The standard InChI is InChI=1S/C21H15N3O4S/c22-12-14-5-7-15(8-6-14)21(26)28-13-20(25)24-17(18-3-1-9-27-18)11-16(23-24)19-4-2-10-29-19/h1-10,17H,11,13H2. The van der Waals surface area contributed by atoms with Crippen molar-refractivity contribution in [3.63, 3.8) is 0 Å². The number of hydrazone groups is 1. The number of nitrogens with zero attached hydrogens (tertiary/aromatic N) is 3. The average Bonchev–Trinajstić information content (AvgIpc) is 3.51. The van der Waals surface area contributed by atoms with E-state index in [-0.39, 0.29) is 11.6 Å². The molecule has 0 spiro atoms. The molecule has 8 heteroatoms. The Bertz CT molecular complexity index is 1080. The van der Waals surface area contributed by atoms with Gasteiger partial charge in [-0.1, -0.05) is 6.07 Å². The number of nitriles is 1. The van der Waals surface area contributed by atoms with E-state index in [0.29, 0.717) is 17.7 Å². The molecule has 0 radical (unpaired) electrons. The molecule has 1 aliphatic rings. The highest BCUT2D eigenvalue weighted by molar-refractivity contribution is 7.12. The molecule has 1 unspecified atom stereocenters. The van der Waals surface area contributed by atoms with Crippen molar-refractivity contribution in [3.05, 3.63) is 81.9 Å². The van der Waals surface area contributed by atoms with Gasteiger partial charge in [0.2, 0.25) is 0 Å². The molecule has 0 N–H and O–H groups in total. The molecule has 2 aromatic heterocycles. The molecule has 0 saturated heterocycles. The Kier molecular flexibility index (Phi) is 5.22. The van der Waals surface area contributed by atoms with E-state index < -0.39 is 18.5 Å². The number of thiophene rings is 1. The fraction of sp³-hybridized carbons (Fsp3) is 0.143. The van der Waals surface area contributed by atoms with Crippen molar-refractivity contribution < 1.29 is 18.7 Å². The third kappa shape index (κ3) is 3.95. The first-order chi connectivity index (χ1) is 14.2. The molecule has 1 atom stereocenters. The van der Waals surface area contributed by atoms with Crippen LogP contribution in [0.25, 0.3) is 0 Å². The van der Waals surface area contributed by atoms with Crippen molar-refractivity contribution >= 4 is 28.9 Å². The topological polar surface area (TPSA) is 95.9 Å². The number of hydrogen-bond donors (Lipinski definition) is 0. The number of hydrogen-bond acceptors (Lipinski definition) is 7. The Balaban J connectivity index is 1.47. The van der Waals surface area contributed by atoms with E-state index in [1.54, 1.807) is 29.7 Å². The first-order valence-corrected chi connectivity index (χ1v) is 9.68. The van der Waals surface area contributed by atoms with Crippen LogP contribution in [0.1, 0.15) is 39.0 Å². The zero-order chi connectivity index (χ0) is 20.2. The minimum absolute atomic E-state index is 0.267. The van der Waals surface area contributed by atoms with Gasteiger partial charge in [-0.25, -0.2) is 9.80 Å². The van der Waals surface area contributed by atoms with Gasteiger partial charge in [0.25, 0.3) is 5.91 Å². The van der Waals surface area contributed by atoms with Gasteiger partial charge in [0, 0.05) is 6.42 Å². The van der Waals surface area contributed by atoms with Crippen LogP contribution in [0.2, 0.25) is 0 Å². The molecule has 0 bridgehead atoms. The van der Waals surface area contributed by atoms with Crippen molar-refractivity contribution in [1.82, 2.24) is 5.01 Å². The smallest absolute Gasteiger partial charge is 0.338 e. The van der Waals surface area contributed by atoms with E-state index in [9.17, 15) is 9.59 Å². The van der Waals surface area contributed by atoms with Gasteiger partial charge in [-0.05, 0) is 47.8 Å². The molecule has 1 aliphatic heterocycles. The molecule has 0 fully saturated rings. The molecule has 7 nitrogen and oxygen atoms in total. The van der Waals surface area contributed by atoms with Gasteiger partial charge in [-0.15, -0.1) is 11.3 Å². The first-order valence-electron chi connectivity index (χ1n) is 8.80. The predicted molar refractivity (Wildman–Crippen MR) is 105 cm³/mol. The quantitative estimate of drug-likeness (QED) is 0.603. The maximum Gasteiger partial charge on any atom is 0.338 e. The summed E-state index contributed by atoms with van der Waals surface area (Å²) in [7, 11) is 0. The number of esters is 1. The highest BCUT2D eigenvalue weighted by atomic mass is 32.1. The van der Waals surface area contributed by atoms with E-state index in [1.807, 2.05) is 23.6 Å². The summed E-state index contributed by atoms with van der Waals surface area (Å²) in [5.41, 5.74) is 1.49. The second kappa shape index (κ2) is 8.12. The third-order valence-corrected chi connectivity index (χ3v) is 5.34. The van der Waals surface area contributed by atoms with Crippen LogP contribution in [0.4, 0.5) is 0 Å². The van der Waals surface area contributed by atoms with E-state index in [4.69, 9.17) is 14.4 Å². The van der Waals surface area contributed by atoms with Gasteiger partial charge in [-0.2, -0.15) is 10.4 Å². The lowest BCUT2D eigenvalue weighted by molar-refractivity contribution is -0.136. The number of ether oxygens (including phenoxy) is 1. The second-order valence-electron chi connectivity index (χ2n) is 6.26. The van der Waals surface area contributed by atoms with Crippen molar-refractivity contribution in [1.29, 1.82) is 5.26 Å². The number of amides is 1. The predicted octanol–water partition coefficient (Wildman–Crippen LogP) is 3.75. The van der Waals surface area contributed by atoms with Gasteiger partial charge in [0.05, 0.1) is 34.0 Å². The Labute approximate surface area is 170 Å². The van der Waals surface area contributed by atoms with Gasteiger partial charge in [0.15, 0.2) is 6.61 Å². The van der Waals surface area contributed by atoms with Crippen molar-refractivity contribution in [2.24, 2.45) is 5.10 Å². The maximum atomic E-state index is 12.8. The molecule has 0 aliphatic carbocycles. The van der Waals surface area contributed by atoms with Crippen LogP contribution >= 0.6 is 11.3 Å². The molecular weight excluding hydrogens is 390 g/mol. The molecule has 1 aromatic carbocycles. The molecule has 4 rings (SSSR count). The molecular formula is C21H15N3O4S. The summed E-state index contributed by atoms with van der Waals surface area (Å²) in [4.78, 5) is 25.9. The summed E-state index contributed by atoms with van der Waals surface area (Å²) < 4.78 is 10.6. The van der Waals surface area contributed by atoms with Crippen LogP contribution in [-0.2, 0) is 9.53 Å². The van der Waals surface area contributed by atoms with Crippen LogP contribution in [0.3, 0.4) is 0 Å². The summed E-state index contributed by atoms with van der Waals surface area (Å²) >= 11 is 1.54. The lowest BCUT2D eigenvalue weighted by atomic mass is 10.1. The van der Waals surface area contributed by atoms with Crippen molar-refractivity contribution in [2.75, 3.05) is 6.61 Å². The first kappa shape index (κ1) is 18.7. The summed E-state index contributed by atoms with van der Waals surface area (Å²) in [5.74, 6) is -0.467. The molecule has 3 aromatic rings. The molecule has 29 heavy (non-hydrogen) atoms. The van der Waals surface area contributed by atoms with Gasteiger partial charge >= 0.3 is 5.97 Å². The van der Waals surface area contributed by atoms with Crippen molar-refractivity contribution in [3.8, 4) is 6.07 Å². The Morgan fingerprint density at radius 2 is 2.07 bits per heavy atom. The number of carbonyl (C=O) groups is 2. The van der Waals surface area contributed by atoms with E-state index >= 15 is 0 Å². The minimum atomic E-state index is -0.640. The third-order valence-electron chi connectivity index (χ3n) is 4.42. The minimum Gasteiger partial charge on any atom is -0.467 e. The highest BCUT2D eigenvalue weighted by Crippen LogP contribution is 2.34. The lowest BCUT2D eigenvalue weighted by Crippen LogP contribution is -2.31. The second-order valence-corrected chi connectivity index (χ2v) is 7.21. The van der Waals surface area contributed by atoms with Crippen LogP contribution in [-0.4, -0.2) is 29.2 Å². The Morgan fingerprint density at radius 3 is 2.72 bits per heavy atom. The zero-order valence-corrected chi connectivity index (χ0v) is 16.0. The Morgan fingerprint density at radius 1 is 1.24 bits per heavy atom. The molecule has 144 valence electrons. The fourth-order valence-corrected chi connectivity index (χ4v) is 3.71. The van der Waals surface area contributed by atoms with Crippen LogP contribution in [0.5, 0.6) is 0 Å². The lowest BCUT2D eigenvalue weighted by Gasteiger charge is -2.19. The number of benzene rings is 1. The fourth-order valence-electron chi connectivity index (χ4n) is 2.99. The number of carbonyl (C=O) groups excluding carboxylic acids is 2. The van der Waals surface area contributed by atoms with E-state index in [1.165, 1.54) is 29.3 Å². The normalized spacial score (nSPS) is 15.6. The summed E-state index contributed by atoms with van der Waals surface area (Å²) in [6.45, 7) is -0.447. The van der Waals surface area contributed by atoms with E-state index in [2.05, 4.69) is 5.10 Å². The highest BCUT2D eigenvalue weighted by Gasteiger charge is 2.35. The molecule has 3 heterocycles. The van der Waals surface area contributed by atoms with Gasteiger partial charge in [0.1, 0.15) is 11.8 Å². The monoisotopic (exact) mass is 405 g/mol. The molecule has 0 saturated carbocycles. The zero-order valence-electron chi connectivity index (χ0n) is 15.1. The summed E-state index contributed by atoms with van der Waals surface area (Å²) in [6.07, 6.45) is 2.06. The van der Waals surface area contributed by atoms with Crippen molar-refractivity contribution in [2.45, 2.75) is 12.5 Å². The maximum absolute atomic E-state index is 12.8. The van der Waals surface area contributed by atoms with Crippen LogP contribution in [0, 0.1) is 11.3 Å².